The fourth-order valence-electron chi connectivity index (χ4n) is 3.89. The summed E-state index contributed by atoms with van der Waals surface area (Å²) in [7, 11) is 1.70. The maximum Gasteiger partial charge on any atom is 0.254 e. The van der Waals surface area contributed by atoms with E-state index in [4.69, 9.17) is 11.6 Å². The van der Waals surface area contributed by atoms with E-state index in [1.54, 1.807) is 28.6 Å². The molecule has 0 spiro atoms. The Bertz CT molecular complexity index is 1100. The van der Waals surface area contributed by atoms with Crippen LogP contribution in [0.15, 0.2) is 59.4 Å². The Morgan fingerprint density at radius 2 is 1.71 bits per heavy atom. The van der Waals surface area contributed by atoms with Gasteiger partial charge in [0.25, 0.3) is 11.5 Å². The van der Waals surface area contributed by atoms with Crippen molar-refractivity contribution in [3.8, 4) is 0 Å². The first-order valence-corrected chi connectivity index (χ1v) is 9.63. The molecule has 0 radical (unpaired) electrons. The van der Waals surface area contributed by atoms with Gasteiger partial charge < -0.3 is 14.6 Å². The van der Waals surface area contributed by atoms with Gasteiger partial charge in [0.05, 0.1) is 16.7 Å². The molecule has 1 fully saturated rings. The van der Waals surface area contributed by atoms with E-state index in [0.717, 1.165) is 16.5 Å². The third-order valence-corrected chi connectivity index (χ3v) is 5.90. The summed E-state index contributed by atoms with van der Waals surface area (Å²) < 4.78 is 1.54. The highest BCUT2D eigenvalue weighted by atomic mass is 35.5. The van der Waals surface area contributed by atoms with E-state index >= 15 is 0 Å². The van der Waals surface area contributed by atoms with Crippen molar-refractivity contribution >= 4 is 28.4 Å². The molecule has 1 amide bonds. The van der Waals surface area contributed by atoms with Crippen LogP contribution in [0.2, 0.25) is 5.02 Å². The minimum atomic E-state index is -0.976. The van der Waals surface area contributed by atoms with Gasteiger partial charge in [-0.1, -0.05) is 41.9 Å². The highest BCUT2D eigenvalue weighted by Crippen LogP contribution is 2.34. The quantitative estimate of drug-likeness (QED) is 0.722. The number of hydrogen-bond donors (Lipinski definition) is 1. The Morgan fingerprint density at radius 3 is 2.39 bits per heavy atom. The fourth-order valence-corrected chi connectivity index (χ4v) is 4.01. The Balaban J connectivity index is 1.60. The van der Waals surface area contributed by atoms with Gasteiger partial charge in [0.15, 0.2) is 0 Å². The lowest BCUT2D eigenvalue weighted by Crippen LogP contribution is -2.45. The number of carbonyl (C=O) groups is 1. The van der Waals surface area contributed by atoms with Crippen LogP contribution in [0.3, 0.4) is 0 Å². The van der Waals surface area contributed by atoms with E-state index in [0.29, 0.717) is 36.5 Å². The number of piperidine rings is 1. The number of aryl methyl sites for hydroxylation is 1. The van der Waals surface area contributed by atoms with Crippen molar-refractivity contribution in [3.63, 3.8) is 0 Å². The van der Waals surface area contributed by atoms with Crippen molar-refractivity contribution in [2.45, 2.75) is 18.4 Å². The molecule has 0 bridgehead atoms. The van der Waals surface area contributed by atoms with Crippen LogP contribution in [0, 0.1) is 0 Å². The van der Waals surface area contributed by atoms with E-state index in [1.807, 2.05) is 36.4 Å². The maximum absolute atomic E-state index is 13.1. The van der Waals surface area contributed by atoms with Gasteiger partial charge in [0.2, 0.25) is 0 Å². The summed E-state index contributed by atoms with van der Waals surface area (Å²) in [6.07, 6.45) is 0.867. The molecule has 1 aliphatic rings. The summed E-state index contributed by atoms with van der Waals surface area (Å²) in [5.74, 6) is -0.174. The zero-order valence-corrected chi connectivity index (χ0v) is 16.3. The average molecular weight is 397 g/mol. The molecule has 0 atom stereocenters. The lowest BCUT2D eigenvalue weighted by atomic mass is 9.84. The highest BCUT2D eigenvalue weighted by Gasteiger charge is 2.36. The molecule has 5 nitrogen and oxygen atoms in total. The number of aromatic nitrogens is 1. The van der Waals surface area contributed by atoms with Crippen molar-refractivity contribution in [2.75, 3.05) is 13.1 Å². The van der Waals surface area contributed by atoms with Crippen LogP contribution in [0.25, 0.3) is 10.9 Å². The number of fused-ring (bicyclic) bond motifs is 1. The first-order valence-electron chi connectivity index (χ1n) is 9.25. The van der Waals surface area contributed by atoms with Crippen LogP contribution in [0.5, 0.6) is 0 Å². The highest BCUT2D eigenvalue weighted by molar-refractivity contribution is 6.30. The van der Waals surface area contributed by atoms with Gasteiger partial charge in [-0.15, -0.1) is 0 Å². The predicted molar refractivity (Wildman–Crippen MR) is 110 cm³/mol. The van der Waals surface area contributed by atoms with Gasteiger partial charge in [-0.2, -0.15) is 0 Å². The Morgan fingerprint density at radius 1 is 1.07 bits per heavy atom. The van der Waals surface area contributed by atoms with Crippen molar-refractivity contribution in [1.82, 2.24) is 9.47 Å². The SMILES string of the molecule is Cn1c(=O)cc(C(=O)N2CCC(O)(c3ccc(Cl)cc3)CC2)c2ccccc21. The Hall–Kier alpha value is -2.63. The smallest absolute Gasteiger partial charge is 0.254 e. The van der Waals surface area contributed by atoms with E-state index in [2.05, 4.69) is 0 Å². The molecule has 28 heavy (non-hydrogen) atoms. The number of amides is 1. The fraction of sp³-hybridized carbons (Fsp3) is 0.273. The summed E-state index contributed by atoms with van der Waals surface area (Å²) in [6, 6.07) is 16.0. The van der Waals surface area contributed by atoms with Crippen LogP contribution >= 0.6 is 11.6 Å². The third-order valence-electron chi connectivity index (χ3n) is 5.64. The van der Waals surface area contributed by atoms with Crippen LogP contribution in [-0.4, -0.2) is 33.6 Å². The molecule has 1 aliphatic heterocycles. The summed E-state index contributed by atoms with van der Waals surface area (Å²) in [6.45, 7) is 0.836. The van der Waals surface area contributed by atoms with Crippen molar-refractivity contribution in [2.24, 2.45) is 7.05 Å². The molecule has 1 saturated heterocycles. The zero-order valence-electron chi connectivity index (χ0n) is 15.6. The molecule has 4 rings (SSSR count). The lowest BCUT2D eigenvalue weighted by Gasteiger charge is -2.38. The molecule has 6 heteroatoms. The molecular weight excluding hydrogens is 376 g/mol. The van der Waals surface area contributed by atoms with Crippen molar-refractivity contribution in [3.05, 3.63) is 81.1 Å². The van der Waals surface area contributed by atoms with Crippen molar-refractivity contribution in [1.29, 1.82) is 0 Å². The number of para-hydroxylation sites is 1. The van der Waals surface area contributed by atoms with E-state index < -0.39 is 5.60 Å². The van der Waals surface area contributed by atoms with Crippen LogP contribution in [0.4, 0.5) is 0 Å². The molecule has 144 valence electrons. The van der Waals surface area contributed by atoms with Crippen molar-refractivity contribution < 1.29 is 9.90 Å². The van der Waals surface area contributed by atoms with Gasteiger partial charge in [0, 0.05) is 36.6 Å². The molecule has 1 aromatic heterocycles. The normalized spacial score (nSPS) is 16.3. The van der Waals surface area contributed by atoms with Crippen LogP contribution < -0.4 is 5.56 Å². The standard InChI is InChI=1S/C22H21ClN2O3/c1-24-19-5-3-2-4-17(19)18(14-20(24)26)21(27)25-12-10-22(28,11-13-25)15-6-8-16(23)9-7-15/h2-9,14,28H,10-13H2,1H3. The number of aliphatic hydroxyl groups is 1. The van der Waals surface area contributed by atoms with E-state index in [9.17, 15) is 14.7 Å². The maximum atomic E-state index is 13.1. The lowest BCUT2D eigenvalue weighted by molar-refractivity contribution is -0.0211. The molecule has 0 saturated carbocycles. The summed E-state index contributed by atoms with van der Waals surface area (Å²) in [5.41, 5.74) is 0.763. The second-order valence-electron chi connectivity index (χ2n) is 7.30. The monoisotopic (exact) mass is 396 g/mol. The topological polar surface area (TPSA) is 62.5 Å². The molecule has 1 N–H and O–H groups in total. The Kier molecular flexibility index (Phi) is 4.73. The number of nitrogens with zero attached hydrogens (tertiary/aromatic N) is 2. The number of likely N-dealkylation sites (tertiary alicyclic amines) is 1. The van der Waals surface area contributed by atoms with Gasteiger partial charge in [0.1, 0.15) is 0 Å². The molecule has 0 unspecified atom stereocenters. The number of rotatable bonds is 2. The van der Waals surface area contributed by atoms with Gasteiger partial charge in [-0.05, 0) is 36.6 Å². The minimum Gasteiger partial charge on any atom is -0.385 e. The molecule has 2 aromatic carbocycles. The molecule has 2 heterocycles. The largest absolute Gasteiger partial charge is 0.385 e. The molecular formula is C22H21ClN2O3. The third kappa shape index (κ3) is 3.21. The molecule has 0 aliphatic carbocycles. The second-order valence-corrected chi connectivity index (χ2v) is 7.74. The second kappa shape index (κ2) is 7.08. The number of benzene rings is 2. The first-order chi connectivity index (χ1) is 13.4. The average Bonchev–Trinajstić information content (AvgIpc) is 2.71. The Labute approximate surface area is 167 Å². The van der Waals surface area contributed by atoms with Gasteiger partial charge >= 0.3 is 0 Å². The van der Waals surface area contributed by atoms with Crippen LogP contribution in [0.1, 0.15) is 28.8 Å². The molecule has 3 aromatic rings. The number of halogens is 1. The van der Waals surface area contributed by atoms with E-state index in [1.165, 1.54) is 6.07 Å². The number of pyridine rings is 1. The summed E-state index contributed by atoms with van der Waals surface area (Å²) in [5, 5.41) is 12.4. The minimum absolute atomic E-state index is 0.174. The predicted octanol–water partition coefficient (Wildman–Crippen LogP) is 3.32. The number of carbonyl (C=O) groups excluding carboxylic acids is 1. The van der Waals surface area contributed by atoms with E-state index in [-0.39, 0.29) is 11.5 Å². The van der Waals surface area contributed by atoms with Crippen LogP contribution in [-0.2, 0) is 12.6 Å². The van der Waals surface area contributed by atoms with Gasteiger partial charge in [-0.25, -0.2) is 0 Å². The van der Waals surface area contributed by atoms with Gasteiger partial charge in [-0.3, -0.25) is 9.59 Å². The number of hydrogen-bond acceptors (Lipinski definition) is 3. The summed E-state index contributed by atoms with van der Waals surface area (Å²) in [4.78, 5) is 27.2. The zero-order chi connectivity index (χ0) is 19.9. The first kappa shape index (κ1) is 18.7. The summed E-state index contributed by atoms with van der Waals surface area (Å²) >= 11 is 5.94.